The van der Waals surface area contributed by atoms with Crippen LogP contribution in [0.5, 0.6) is 0 Å². The Morgan fingerprint density at radius 1 is 1.04 bits per heavy atom. The van der Waals surface area contributed by atoms with E-state index in [4.69, 9.17) is 4.42 Å². The normalized spacial score (nSPS) is 10.4. The first kappa shape index (κ1) is 15.5. The maximum atomic E-state index is 12.2. The Morgan fingerprint density at radius 3 is 2.17 bits per heavy atom. The summed E-state index contributed by atoms with van der Waals surface area (Å²) >= 11 is 0. The summed E-state index contributed by atoms with van der Waals surface area (Å²) in [5.41, 5.74) is 2.54. The number of aromatic nitrogens is 2. The molecule has 0 fully saturated rings. The van der Waals surface area contributed by atoms with E-state index in [1.165, 1.54) is 12.5 Å². The second-order valence-electron chi connectivity index (χ2n) is 5.23. The van der Waals surface area contributed by atoms with Crippen LogP contribution in [-0.4, -0.2) is 21.6 Å². The van der Waals surface area contributed by atoms with E-state index in [9.17, 15) is 9.59 Å². The number of hydrogen-bond acceptors (Lipinski definition) is 4. The summed E-state index contributed by atoms with van der Waals surface area (Å²) in [5, 5.41) is 9.56. The maximum absolute atomic E-state index is 12.2. The van der Waals surface area contributed by atoms with Crippen LogP contribution in [0.15, 0.2) is 53.3 Å². The lowest BCUT2D eigenvalue weighted by atomic mass is 10.2. The summed E-state index contributed by atoms with van der Waals surface area (Å²) < 4.78 is 6.67. The van der Waals surface area contributed by atoms with E-state index in [1.807, 2.05) is 6.92 Å². The van der Waals surface area contributed by atoms with Crippen LogP contribution in [0.4, 0.5) is 11.4 Å². The van der Waals surface area contributed by atoms with Gasteiger partial charge in [-0.05, 0) is 43.3 Å². The molecule has 0 aliphatic heterocycles. The zero-order valence-corrected chi connectivity index (χ0v) is 13.2. The highest BCUT2D eigenvalue weighted by Gasteiger charge is 2.13. The molecule has 0 spiro atoms. The topological polar surface area (TPSA) is 89.2 Å². The summed E-state index contributed by atoms with van der Waals surface area (Å²) in [7, 11) is 1.78. The maximum Gasteiger partial charge on any atom is 0.291 e. The molecule has 0 bridgehead atoms. The Bertz CT molecular complexity index is 864. The molecule has 0 unspecified atom stereocenters. The molecular formula is C17H16N4O3. The molecule has 0 aliphatic rings. The van der Waals surface area contributed by atoms with Crippen molar-refractivity contribution >= 4 is 23.2 Å². The molecule has 3 rings (SSSR count). The number of nitrogens with zero attached hydrogens (tertiary/aromatic N) is 2. The third kappa shape index (κ3) is 3.19. The quantitative estimate of drug-likeness (QED) is 0.772. The summed E-state index contributed by atoms with van der Waals surface area (Å²) in [6, 6.07) is 10.1. The highest BCUT2D eigenvalue weighted by molar-refractivity contribution is 6.05. The molecule has 122 valence electrons. The van der Waals surface area contributed by atoms with Crippen molar-refractivity contribution in [2.24, 2.45) is 7.05 Å². The number of amides is 2. The molecule has 2 heterocycles. The standard InChI is InChI=1S/C17H16N4O3/c1-11-14(10-18-21(11)2)16(22)19-12-5-7-13(8-6-12)20-17(23)15-4-3-9-24-15/h3-10H,1-2H3,(H,19,22)(H,20,23). The van der Waals surface area contributed by atoms with Gasteiger partial charge in [0, 0.05) is 24.1 Å². The van der Waals surface area contributed by atoms with Crippen LogP contribution in [0.1, 0.15) is 26.6 Å². The van der Waals surface area contributed by atoms with E-state index in [1.54, 1.807) is 48.1 Å². The SMILES string of the molecule is Cc1c(C(=O)Nc2ccc(NC(=O)c3ccco3)cc2)cnn1C. The van der Waals surface area contributed by atoms with Crippen LogP contribution in [0, 0.1) is 6.92 Å². The highest BCUT2D eigenvalue weighted by Crippen LogP contribution is 2.16. The molecule has 0 saturated carbocycles. The third-order valence-corrected chi connectivity index (χ3v) is 3.63. The van der Waals surface area contributed by atoms with Gasteiger partial charge >= 0.3 is 0 Å². The fourth-order valence-electron chi connectivity index (χ4n) is 2.16. The van der Waals surface area contributed by atoms with Crippen molar-refractivity contribution in [2.75, 3.05) is 10.6 Å². The Kier molecular flexibility index (Phi) is 4.15. The lowest BCUT2D eigenvalue weighted by molar-refractivity contribution is 0.0994. The molecule has 7 nitrogen and oxygen atoms in total. The van der Waals surface area contributed by atoms with Crippen molar-refractivity contribution in [3.63, 3.8) is 0 Å². The van der Waals surface area contributed by atoms with Gasteiger partial charge in [0.25, 0.3) is 11.8 Å². The number of carbonyl (C=O) groups is 2. The monoisotopic (exact) mass is 324 g/mol. The Morgan fingerprint density at radius 2 is 1.67 bits per heavy atom. The Labute approximate surface area is 138 Å². The second kappa shape index (κ2) is 6.41. The van der Waals surface area contributed by atoms with Crippen LogP contribution in [0.3, 0.4) is 0 Å². The average molecular weight is 324 g/mol. The highest BCUT2D eigenvalue weighted by atomic mass is 16.3. The summed E-state index contributed by atoms with van der Waals surface area (Å²) in [6.07, 6.45) is 2.97. The number of aryl methyl sites for hydroxylation is 1. The van der Waals surface area contributed by atoms with Gasteiger partial charge in [-0.1, -0.05) is 0 Å². The van der Waals surface area contributed by atoms with Crippen LogP contribution in [0.25, 0.3) is 0 Å². The number of furan rings is 1. The molecule has 2 N–H and O–H groups in total. The first-order valence-corrected chi connectivity index (χ1v) is 7.29. The summed E-state index contributed by atoms with van der Waals surface area (Å²) in [6.45, 7) is 1.83. The van der Waals surface area contributed by atoms with Gasteiger partial charge in [0.05, 0.1) is 18.0 Å². The van der Waals surface area contributed by atoms with Crippen molar-refractivity contribution in [3.05, 3.63) is 65.9 Å². The van der Waals surface area contributed by atoms with Crippen molar-refractivity contribution in [1.29, 1.82) is 0 Å². The van der Waals surface area contributed by atoms with Gasteiger partial charge in [0.2, 0.25) is 0 Å². The summed E-state index contributed by atoms with van der Waals surface area (Å²) in [5.74, 6) is -0.324. The molecule has 2 amide bonds. The lowest BCUT2D eigenvalue weighted by Gasteiger charge is -2.07. The molecule has 0 saturated heterocycles. The lowest BCUT2D eigenvalue weighted by Crippen LogP contribution is -2.13. The largest absolute Gasteiger partial charge is 0.459 e. The number of carbonyl (C=O) groups excluding carboxylic acids is 2. The van der Waals surface area contributed by atoms with E-state index in [-0.39, 0.29) is 17.6 Å². The van der Waals surface area contributed by atoms with Gasteiger partial charge in [-0.3, -0.25) is 14.3 Å². The van der Waals surface area contributed by atoms with Crippen molar-refractivity contribution < 1.29 is 14.0 Å². The molecule has 24 heavy (non-hydrogen) atoms. The van der Waals surface area contributed by atoms with Crippen molar-refractivity contribution in [2.45, 2.75) is 6.92 Å². The molecular weight excluding hydrogens is 308 g/mol. The second-order valence-corrected chi connectivity index (χ2v) is 5.23. The van der Waals surface area contributed by atoms with Crippen LogP contribution >= 0.6 is 0 Å². The van der Waals surface area contributed by atoms with Crippen molar-refractivity contribution in [1.82, 2.24) is 9.78 Å². The molecule has 3 aromatic rings. The molecule has 2 aromatic heterocycles. The fourth-order valence-corrected chi connectivity index (χ4v) is 2.16. The predicted molar refractivity (Wildman–Crippen MR) is 89.0 cm³/mol. The zero-order chi connectivity index (χ0) is 17.1. The molecule has 0 radical (unpaired) electrons. The number of nitrogens with one attached hydrogen (secondary N) is 2. The van der Waals surface area contributed by atoms with Gasteiger partial charge in [-0.15, -0.1) is 0 Å². The first-order chi connectivity index (χ1) is 11.5. The van der Waals surface area contributed by atoms with E-state index in [0.29, 0.717) is 16.9 Å². The van der Waals surface area contributed by atoms with Gasteiger partial charge < -0.3 is 15.1 Å². The minimum atomic E-state index is -0.331. The van der Waals surface area contributed by atoms with Gasteiger partial charge in [0.1, 0.15) is 0 Å². The van der Waals surface area contributed by atoms with E-state index in [2.05, 4.69) is 15.7 Å². The van der Waals surface area contributed by atoms with Crippen molar-refractivity contribution in [3.8, 4) is 0 Å². The molecule has 1 aromatic carbocycles. The van der Waals surface area contributed by atoms with Crippen LogP contribution in [0.2, 0.25) is 0 Å². The average Bonchev–Trinajstić information content (AvgIpc) is 3.21. The predicted octanol–water partition coefficient (Wildman–Crippen LogP) is 2.83. The Balaban J connectivity index is 1.65. The number of rotatable bonds is 4. The molecule has 0 atom stereocenters. The summed E-state index contributed by atoms with van der Waals surface area (Å²) in [4.78, 5) is 24.1. The number of hydrogen-bond donors (Lipinski definition) is 2. The molecule has 7 heteroatoms. The fraction of sp³-hybridized carbons (Fsp3) is 0.118. The van der Waals surface area contributed by atoms with Gasteiger partial charge in [0.15, 0.2) is 5.76 Å². The van der Waals surface area contributed by atoms with Gasteiger partial charge in [-0.2, -0.15) is 5.10 Å². The minimum absolute atomic E-state index is 0.229. The van der Waals surface area contributed by atoms with Gasteiger partial charge in [-0.25, -0.2) is 0 Å². The van der Waals surface area contributed by atoms with E-state index >= 15 is 0 Å². The minimum Gasteiger partial charge on any atom is -0.459 e. The zero-order valence-electron chi connectivity index (χ0n) is 13.2. The van der Waals surface area contributed by atoms with E-state index in [0.717, 1.165) is 5.69 Å². The third-order valence-electron chi connectivity index (χ3n) is 3.63. The van der Waals surface area contributed by atoms with Crippen LogP contribution in [-0.2, 0) is 7.05 Å². The number of benzene rings is 1. The van der Waals surface area contributed by atoms with E-state index < -0.39 is 0 Å². The first-order valence-electron chi connectivity index (χ1n) is 7.29. The Hall–Kier alpha value is -3.35. The number of anilines is 2. The molecule has 0 aliphatic carbocycles. The van der Waals surface area contributed by atoms with Crippen LogP contribution < -0.4 is 10.6 Å². The smallest absolute Gasteiger partial charge is 0.291 e.